The van der Waals surface area contributed by atoms with E-state index in [1.807, 2.05) is 26.0 Å². The van der Waals surface area contributed by atoms with E-state index in [2.05, 4.69) is 10.4 Å². The molecule has 0 atom stereocenters. The van der Waals surface area contributed by atoms with Gasteiger partial charge in [0.25, 0.3) is 0 Å². The molecule has 1 saturated heterocycles. The first-order valence-electron chi connectivity index (χ1n) is 8.90. The molecule has 4 amide bonds. The summed E-state index contributed by atoms with van der Waals surface area (Å²) >= 11 is 0. The zero-order valence-corrected chi connectivity index (χ0v) is 15.7. The van der Waals surface area contributed by atoms with E-state index in [0.29, 0.717) is 19.6 Å². The van der Waals surface area contributed by atoms with E-state index in [9.17, 15) is 14.4 Å². The van der Waals surface area contributed by atoms with Gasteiger partial charge in [-0.3, -0.25) is 19.2 Å². The first-order valence-corrected chi connectivity index (χ1v) is 8.90. The summed E-state index contributed by atoms with van der Waals surface area (Å²) in [6.45, 7) is 7.38. The first kappa shape index (κ1) is 18.7. The van der Waals surface area contributed by atoms with Crippen molar-refractivity contribution in [3.8, 4) is 11.3 Å². The minimum absolute atomic E-state index is 0.201. The maximum Gasteiger partial charge on any atom is 0.324 e. The predicted octanol–water partition coefficient (Wildman–Crippen LogP) is 1.16. The maximum atomic E-state index is 12.3. The molecule has 0 unspecified atom stereocenters. The number of aromatic nitrogens is 2. The van der Waals surface area contributed by atoms with Gasteiger partial charge in [0, 0.05) is 31.9 Å². The van der Waals surface area contributed by atoms with Crippen molar-refractivity contribution >= 4 is 17.8 Å². The normalized spacial score (nSPS) is 14.8. The lowest BCUT2D eigenvalue weighted by molar-refractivity contribution is -0.153. The molecular weight excluding hydrogens is 350 g/mol. The molecular formula is C18H23N5O4. The molecule has 144 valence electrons. The molecule has 1 aliphatic rings. The Morgan fingerprint density at radius 3 is 2.70 bits per heavy atom. The fourth-order valence-corrected chi connectivity index (χ4v) is 3.23. The SMILES string of the molecule is CCN1CCN(C(=O)NCCn2nc(C)c(-c3ccco3)c2C)C(=O)C1=O. The second-order valence-electron chi connectivity index (χ2n) is 6.32. The van der Waals surface area contributed by atoms with Crippen molar-refractivity contribution in [2.75, 3.05) is 26.2 Å². The number of hydrogen-bond donors (Lipinski definition) is 1. The van der Waals surface area contributed by atoms with Crippen LogP contribution in [0, 0.1) is 13.8 Å². The van der Waals surface area contributed by atoms with Gasteiger partial charge >= 0.3 is 17.8 Å². The van der Waals surface area contributed by atoms with Crippen LogP contribution in [0.3, 0.4) is 0 Å². The number of carbonyl (C=O) groups is 3. The van der Waals surface area contributed by atoms with Crippen molar-refractivity contribution in [2.24, 2.45) is 0 Å². The Hall–Kier alpha value is -3.10. The summed E-state index contributed by atoms with van der Waals surface area (Å²) in [6.07, 6.45) is 1.61. The van der Waals surface area contributed by atoms with Gasteiger partial charge in [-0.1, -0.05) is 0 Å². The monoisotopic (exact) mass is 373 g/mol. The van der Waals surface area contributed by atoms with Gasteiger partial charge in [-0.15, -0.1) is 0 Å². The van der Waals surface area contributed by atoms with E-state index < -0.39 is 17.8 Å². The Bertz CT molecular complexity index is 855. The highest BCUT2D eigenvalue weighted by Crippen LogP contribution is 2.26. The van der Waals surface area contributed by atoms with Crippen molar-refractivity contribution in [3.05, 3.63) is 29.8 Å². The van der Waals surface area contributed by atoms with Crippen LogP contribution in [0.4, 0.5) is 4.79 Å². The Balaban J connectivity index is 1.59. The molecule has 0 aliphatic carbocycles. The Morgan fingerprint density at radius 1 is 1.26 bits per heavy atom. The van der Waals surface area contributed by atoms with Gasteiger partial charge in [0.05, 0.1) is 24.1 Å². The van der Waals surface area contributed by atoms with Crippen LogP contribution in [-0.4, -0.2) is 63.6 Å². The summed E-state index contributed by atoms with van der Waals surface area (Å²) in [5.74, 6) is -0.675. The average Bonchev–Trinajstić information content (AvgIpc) is 3.25. The van der Waals surface area contributed by atoms with Gasteiger partial charge in [-0.05, 0) is 32.9 Å². The van der Waals surface area contributed by atoms with Crippen LogP contribution < -0.4 is 5.32 Å². The topological polar surface area (TPSA) is 101 Å². The second-order valence-corrected chi connectivity index (χ2v) is 6.32. The number of imide groups is 1. The maximum absolute atomic E-state index is 12.3. The molecule has 27 heavy (non-hydrogen) atoms. The largest absolute Gasteiger partial charge is 0.464 e. The first-order chi connectivity index (χ1) is 12.9. The number of furan rings is 1. The zero-order valence-electron chi connectivity index (χ0n) is 15.7. The molecule has 1 fully saturated rings. The summed E-state index contributed by atoms with van der Waals surface area (Å²) < 4.78 is 7.24. The quantitative estimate of drug-likeness (QED) is 0.793. The number of rotatable bonds is 5. The molecule has 0 bridgehead atoms. The average molecular weight is 373 g/mol. The summed E-state index contributed by atoms with van der Waals surface area (Å²) in [5.41, 5.74) is 2.70. The summed E-state index contributed by atoms with van der Waals surface area (Å²) in [5, 5.41) is 7.17. The third-order valence-electron chi connectivity index (χ3n) is 4.68. The van der Waals surface area contributed by atoms with Crippen LogP contribution in [0.15, 0.2) is 22.8 Å². The number of nitrogens with zero attached hydrogens (tertiary/aromatic N) is 4. The van der Waals surface area contributed by atoms with E-state index >= 15 is 0 Å². The predicted molar refractivity (Wildman–Crippen MR) is 96.8 cm³/mol. The van der Waals surface area contributed by atoms with Crippen molar-refractivity contribution in [1.82, 2.24) is 24.9 Å². The summed E-state index contributed by atoms with van der Waals surface area (Å²) in [4.78, 5) is 38.6. The van der Waals surface area contributed by atoms with E-state index in [-0.39, 0.29) is 13.1 Å². The Kier molecular flexibility index (Phi) is 5.29. The van der Waals surface area contributed by atoms with Crippen molar-refractivity contribution < 1.29 is 18.8 Å². The van der Waals surface area contributed by atoms with Crippen LogP contribution in [0.5, 0.6) is 0 Å². The number of urea groups is 1. The number of aryl methyl sites for hydroxylation is 1. The molecule has 0 radical (unpaired) electrons. The van der Waals surface area contributed by atoms with Crippen LogP contribution in [0.25, 0.3) is 11.3 Å². The summed E-state index contributed by atoms with van der Waals surface area (Å²) in [6, 6.07) is 3.14. The third kappa shape index (κ3) is 3.57. The van der Waals surface area contributed by atoms with Gasteiger partial charge in [-0.2, -0.15) is 5.10 Å². The zero-order chi connectivity index (χ0) is 19.6. The number of likely N-dealkylation sites (N-methyl/N-ethyl adjacent to an activating group) is 1. The molecule has 1 N–H and O–H groups in total. The lowest BCUT2D eigenvalue weighted by atomic mass is 10.1. The van der Waals surface area contributed by atoms with Gasteiger partial charge in [0.1, 0.15) is 5.76 Å². The lowest BCUT2D eigenvalue weighted by Crippen LogP contribution is -2.58. The van der Waals surface area contributed by atoms with Gasteiger partial charge < -0.3 is 14.6 Å². The highest BCUT2D eigenvalue weighted by atomic mass is 16.3. The molecule has 0 saturated carbocycles. The third-order valence-corrected chi connectivity index (χ3v) is 4.68. The number of amides is 4. The standard InChI is InChI=1S/C18H23N5O4/c1-4-21-9-10-22(17(25)16(21)24)18(26)19-7-8-23-13(3)15(12(2)20-23)14-6-5-11-27-14/h5-6,11H,4,7-10H2,1-3H3,(H,19,26). The minimum atomic E-state index is -0.785. The fraction of sp³-hybridized carbons (Fsp3) is 0.444. The van der Waals surface area contributed by atoms with E-state index in [1.54, 1.807) is 17.9 Å². The van der Waals surface area contributed by atoms with Crippen molar-refractivity contribution in [2.45, 2.75) is 27.3 Å². The lowest BCUT2D eigenvalue weighted by Gasteiger charge is -2.31. The number of piperazine rings is 1. The van der Waals surface area contributed by atoms with Crippen LogP contribution in [0.2, 0.25) is 0 Å². The van der Waals surface area contributed by atoms with Crippen LogP contribution >= 0.6 is 0 Å². The smallest absolute Gasteiger partial charge is 0.324 e. The molecule has 9 nitrogen and oxygen atoms in total. The number of carbonyl (C=O) groups excluding carboxylic acids is 3. The molecule has 0 aromatic carbocycles. The Morgan fingerprint density at radius 2 is 2.04 bits per heavy atom. The molecule has 3 rings (SSSR count). The fourth-order valence-electron chi connectivity index (χ4n) is 3.23. The molecule has 3 heterocycles. The minimum Gasteiger partial charge on any atom is -0.464 e. The molecule has 2 aromatic heterocycles. The van der Waals surface area contributed by atoms with E-state index in [4.69, 9.17) is 4.42 Å². The van der Waals surface area contributed by atoms with E-state index in [1.165, 1.54) is 4.90 Å². The Labute approximate surface area is 156 Å². The van der Waals surface area contributed by atoms with Gasteiger partial charge in [-0.25, -0.2) is 4.79 Å². The van der Waals surface area contributed by atoms with Crippen molar-refractivity contribution in [1.29, 1.82) is 0 Å². The molecule has 1 aliphatic heterocycles. The second kappa shape index (κ2) is 7.65. The number of nitrogens with one attached hydrogen (secondary N) is 1. The number of hydrogen-bond acceptors (Lipinski definition) is 5. The molecule has 9 heteroatoms. The van der Waals surface area contributed by atoms with Gasteiger partial charge in [0.15, 0.2) is 0 Å². The van der Waals surface area contributed by atoms with Crippen LogP contribution in [0.1, 0.15) is 18.3 Å². The molecule has 2 aromatic rings. The van der Waals surface area contributed by atoms with Gasteiger partial charge in [0.2, 0.25) is 0 Å². The summed E-state index contributed by atoms with van der Waals surface area (Å²) in [7, 11) is 0. The van der Waals surface area contributed by atoms with E-state index in [0.717, 1.165) is 27.6 Å². The highest BCUT2D eigenvalue weighted by molar-refractivity contribution is 6.38. The molecule has 0 spiro atoms. The van der Waals surface area contributed by atoms with Crippen molar-refractivity contribution in [3.63, 3.8) is 0 Å². The highest BCUT2D eigenvalue weighted by Gasteiger charge is 2.35. The van der Waals surface area contributed by atoms with Crippen LogP contribution in [-0.2, 0) is 16.1 Å².